The van der Waals surface area contributed by atoms with E-state index < -0.39 is 33.9 Å². The maximum absolute atomic E-state index is 13.1. The fourth-order valence-electron chi connectivity index (χ4n) is 2.58. The first-order valence-corrected chi connectivity index (χ1v) is 9.79. The maximum atomic E-state index is 13.1. The van der Waals surface area contributed by atoms with Gasteiger partial charge >= 0.3 is 11.8 Å². The highest BCUT2D eigenvalue weighted by Crippen LogP contribution is 2.22. The monoisotopic (exact) mass is 385 g/mol. The van der Waals surface area contributed by atoms with Crippen LogP contribution in [-0.4, -0.2) is 56.5 Å². The highest BCUT2D eigenvalue weighted by Gasteiger charge is 2.35. The lowest BCUT2D eigenvalue weighted by Gasteiger charge is -2.34. The Kier molecular flexibility index (Phi) is 5.54. The largest absolute Gasteiger partial charge is 0.360 e. The van der Waals surface area contributed by atoms with Crippen LogP contribution in [-0.2, 0) is 24.3 Å². The minimum atomic E-state index is -3.92. The van der Waals surface area contributed by atoms with E-state index >= 15 is 0 Å². The summed E-state index contributed by atoms with van der Waals surface area (Å²) in [5, 5.41) is 4.96. The molecular formula is C16H20FN3O5S. The zero-order chi connectivity index (χ0) is 18.7. The van der Waals surface area contributed by atoms with Gasteiger partial charge < -0.3 is 15.4 Å². The zero-order valence-electron chi connectivity index (χ0n) is 14.0. The number of benzene rings is 1. The molecule has 2 amide bonds. The van der Waals surface area contributed by atoms with Crippen molar-refractivity contribution in [1.29, 1.82) is 0 Å². The second kappa shape index (κ2) is 7.68. The van der Waals surface area contributed by atoms with Crippen molar-refractivity contribution in [3.8, 4) is 0 Å². The number of amides is 2. The summed E-state index contributed by atoms with van der Waals surface area (Å²) in [6.45, 7) is 0.385. The highest BCUT2D eigenvalue weighted by molar-refractivity contribution is 7.89. The van der Waals surface area contributed by atoms with Gasteiger partial charge in [-0.2, -0.15) is 4.31 Å². The number of hydrogen-bond donors (Lipinski definition) is 2. The van der Waals surface area contributed by atoms with Gasteiger partial charge in [0, 0.05) is 12.6 Å². The number of nitrogens with one attached hydrogen (secondary N) is 2. The summed E-state index contributed by atoms with van der Waals surface area (Å²) in [7, 11) is -3.92. The number of halogens is 1. The standard InChI is InChI=1S/C16H20FN3O5S/c17-11-2-6-13(7-3-11)26(23,24)20-8-1-9-25-14(20)10-18-15(21)16(22)19-12-4-5-12/h2-3,6-7,12,14H,1,4-5,8-10H2,(H,18,21)(H,19,22)/t14-/m0/s1. The fraction of sp³-hybridized carbons (Fsp3) is 0.500. The Bertz CT molecular complexity index is 780. The second-order valence-corrected chi connectivity index (χ2v) is 8.10. The first-order valence-electron chi connectivity index (χ1n) is 8.35. The topological polar surface area (TPSA) is 105 Å². The summed E-state index contributed by atoms with van der Waals surface area (Å²) < 4.78 is 45.2. The van der Waals surface area contributed by atoms with Crippen LogP contribution in [0.5, 0.6) is 0 Å². The lowest BCUT2D eigenvalue weighted by molar-refractivity contribution is -0.140. The van der Waals surface area contributed by atoms with E-state index in [4.69, 9.17) is 4.74 Å². The van der Waals surface area contributed by atoms with Crippen molar-refractivity contribution < 1.29 is 27.1 Å². The third kappa shape index (κ3) is 4.37. The van der Waals surface area contributed by atoms with Crippen molar-refractivity contribution in [1.82, 2.24) is 14.9 Å². The molecule has 0 spiro atoms. The van der Waals surface area contributed by atoms with Crippen LogP contribution in [0, 0.1) is 5.82 Å². The van der Waals surface area contributed by atoms with Gasteiger partial charge in [0.1, 0.15) is 12.0 Å². The van der Waals surface area contributed by atoms with Gasteiger partial charge in [0.25, 0.3) is 0 Å². The molecule has 1 aliphatic heterocycles. The molecule has 2 N–H and O–H groups in total. The first kappa shape index (κ1) is 18.7. The summed E-state index contributed by atoms with van der Waals surface area (Å²) in [6.07, 6.45) is 1.27. The zero-order valence-corrected chi connectivity index (χ0v) is 14.8. The molecule has 1 aliphatic carbocycles. The molecule has 1 aromatic carbocycles. The number of carbonyl (C=O) groups is 2. The van der Waals surface area contributed by atoms with Crippen molar-refractivity contribution in [3.63, 3.8) is 0 Å². The Hall–Kier alpha value is -2.04. The minimum Gasteiger partial charge on any atom is -0.360 e. The number of ether oxygens (including phenoxy) is 1. The first-order chi connectivity index (χ1) is 12.4. The summed E-state index contributed by atoms with van der Waals surface area (Å²) in [5.74, 6) is -2.11. The average Bonchev–Trinajstić information content (AvgIpc) is 3.44. The van der Waals surface area contributed by atoms with Crippen LogP contribution < -0.4 is 10.6 Å². The molecule has 0 radical (unpaired) electrons. The van der Waals surface area contributed by atoms with E-state index in [2.05, 4.69) is 10.6 Å². The van der Waals surface area contributed by atoms with Gasteiger partial charge in [0.05, 0.1) is 18.0 Å². The highest BCUT2D eigenvalue weighted by atomic mass is 32.2. The molecule has 26 heavy (non-hydrogen) atoms. The molecule has 2 fully saturated rings. The fourth-order valence-corrected chi connectivity index (χ4v) is 4.15. The van der Waals surface area contributed by atoms with Crippen LogP contribution >= 0.6 is 0 Å². The van der Waals surface area contributed by atoms with Crippen molar-refractivity contribution in [2.75, 3.05) is 19.7 Å². The van der Waals surface area contributed by atoms with Crippen molar-refractivity contribution in [3.05, 3.63) is 30.1 Å². The Labute approximate surface area is 150 Å². The molecule has 0 bridgehead atoms. The number of sulfonamides is 1. The maximum Gasteiger partial charge on any atom is 0.309 e. The number of carbonyl (C=O) groups excluding carboxylic acids is 2. The van der Waals surface area contributed by atoms with E-state index in [0.717, 1.165) is 29.3 Å². The molecule has 8 nitrogen and oxygen atoms in total. The number of hydrogen-bond acceptors (Lipinski definition) is 5. The summed E-state index contributed by atoms with van der Waals surface area (Å²) in [4.78, 5) is 23.4. The van der Waals surface area contributed by atoms with E-state index in [1.54, 1.807) is 0 Å². The molecule has 1 saturated heterocycles. The molecule has 3 rings (SSSR count). The van der Waals surface area contributed by atoms with E-state index in [9.17, 15) is 22.4 Å². The van der Waals surface area contributed by atoms with Gasteiger partial charge in [0.15, 0.2) is 0 Å². The normalized spacial score (nSPS) is 21.2. The van der Waals surface area contributed by atoms with Gasteiger partial charge in [-0.05, 0) is 43.5 Å². The molecule has 1 saturated carbocycles. The summed E-state index contributed by atoms with van der Waals surface area (Å²) >= 11 is 0. The third-order valence-electron chi connectivity index (χ3n) is 4.13. The van der Waals surface area contributed by atoms with Gasteiger partial charge in [-0.15, -0.1) is 0 Å². The predicted molar refractivity (Wildman–Crippen MR) is 88.8 cm³/mol. The van der Waals surface area contributed by atoms with Crippen LogP contribution in [0.4, 0.5) is 4.39 Å². The Morgan fingerprint density at radius 2 is 1.88 bits per heavy atom. The molecule has 0 aromatic heterocycles. The molecule has 1 aromatic rings. The Balaban J connectivity index is 1.66. The van der Waals surface area contributed by atoms with Crippen molar-refractivity contribution >= 4 is 21.8 Å². The lowest BCUT2D eigenvalue weighted by Crippen LogP contribution is -2.53. The van der Waals surface area contributed by atoms with E-state index in [-0.39, 0.29) is 24.0 Å². The molecule has 10 heteroatoms. The third-order valence-corrected chi connectivity index (χ3v) is 6.03. The van der Waals surface area contributed by atoms with Gasteiger partial charge in [-0.3, -0.25) is 9.59 Å². The molecule has 1 heterocycles. The quantitative estimate of drug-likeness (QED) is 0.692. The molecule has 1 atom stereocenters. The van der Waals surface area contributed by atoms with Crippen LogP contribution in [0.25, 0.3) is 0 Å². The summed E-state index contributed by atoms with van der Waals surface area (Å²) in [6, 6.07) is 4.54. The summed E-state index contributed by atoms with van der Waals surface area (Å²) in [5.41, 5.74) is 0. The number of nitrogens with zero attached hydrogens (tertiary/aromatic N) is 1. The van der Waals surface area contributed by atoms with E-state index in [1.165, 1.54) is 12.1 Å². The van der Waals surface area contributed by atoms with Gasteiger partial charge in [-0.1, -0.05) is 0 Å². The Morgan fingerprint density at radius 1 is 1.19 bits per heavy atom. The van der Waals surface area contributed by atoms with Crippen molar-refractivity contribution in [2.24, 2.45) is 0 Å². The SMILES string of the molecule is O=C(NC[C@@H]1OCCCN1S(=O)(=O)c1ccc(F)cc1)C(=O)NC1CC1. The predicted octanol–water partition coefficient (Wildman–Crippen LogP) is -0.0424. The molecule has 2 aliphatic rings. The van der Waals surface area contributed by atoms with Gasteiger partial charge in [-0.25, -0.2) is 12.8 Å². The van der Waals surface area contributed by atoms with Gasteiger partial charge in [0.2, 0.25) is 10.0 Å². The Morgan fingerprint density at radius 3 is 2.54 bits per heavy atom. The van der Waals surface area contributed by atoms with E-state index in [0.29, 0.717) is 13.0 Å². The number of rotatable bonds is 5. The molecule has 142 valence electrons. The van der Waals surface area contributed by atoms with Crippen LogP contribution in [0.1, 0.15) is 19.3 Å². The second-order valence-electron chi connectivity index (χ2n) is 6.21. The smallest absolute Gasteiger partial charge is 0.309 e. The lowest BCUT2D eigenvalue weighted by atomic mass is 10.3. The van der Waals surface area contributed by atoms with Crippen LogP contribution in [0.2, 0.25) is 0 Å². The molecule has 0 unspecified atom stereocenters. The molecular weight excluding hydrogens is 365 g/mol. The average molecular weight is 385 g/mol. The van der Waals surface area contributed by atoms with E-state index in [1.807, 2.05) is 0 Å². The van der Waals surface area contributed by atoms with Crippen LogP contribution in [0.15, 0.2) is 29.2 Å². The minimum absolute atomic E-state index is 0.0505. The van der Waals surface area contributed by atoms with Crippen LogP contribution in [0.3, 0.4) is 0 Å². The van der Waals surface area contributed by atoms with Crippen molar-refractivity contribution in [2.45, 2.75) is 36.4 Å².